The van der Waals surface area contributed by atoms with Crippen LogP contribution in [0.5, 0.6) is 5.75 Å². The smallest absolute Gasteiger partial charge is 0.258 e. The fourth-order valence-electron chi connectivity index (χ4n) is 6.01. The number of aromatic nitrogens is 5. The van der Waals surface area contributed by atoms with E-state index < -0.39 is 0 Å². The molecule has 2 aliphatic rings. The van der Waals surface area contributed by atoms with Gasteiger partial charge in [-0.05, 0) is 60.9 Å². The van der Waals surface area contributed by atoms with E-state index in [1.165, 1.54) is 37.1 Å². The molecule has 9 nitrogen and oxygen atoms in total. The molecular formula is C26H39N7O2+2. The van der Waals surface area contributed by atoms with Crippen molar-refractivity contribution in [2.75, 3.05) is 39.3 Å². The van der Waals surface area contributed by atoms with Crippen LogP contribution in [0.3, 0.4) is 0 Å². The Labute approximate surface area is 206 Å². The monoisotopic (exact) mass is 481 g/mol. The first kappa shape index (κ1) is 23.9. The number of nitrogens with one attached hydrogen (secondary N) is 3. The van der Waals surface area contributed by atoms with Crippen LogP contribution in [-0.4, -0.2) is 64.5 Å². The van der Waals surface area contributed by atoms with Gasteiger partial charge < -0.3 is 19.5 Å². The molecule has 3 heterocycles. The number of nitrogens with zero attached hydrogens (tertiary/aromatic N) is 4. The molecule has 1 aliphatic carbocycles. The van der Waals surface area contributed by atoms with Gasteiger partial charge in [0.2, 0.25) is 5.82 Å². The zero-order valence-electron chi connectivity index (χ0n) is 21.1. The predicted octanol–water partition coefficient (Wildman–Crippen LogP) is 0.701. The van der Waals surface area contributed by atoms with E-state index in [4.69, 9.17) is 4.74 Å². The normalized spacial score (nSPS) is 22.3. The van der Waals surface area contributed by atoms with Crippen molar-refractivity contribution in [3.05, 3.63) is 46.0 Å². The number of piperazine rings is 1. The van der Waals surface area contributed by atoms with Gasteiger partial charge in [-0.1, -0.05) is 26.2 Å². The molecule has 2 aromatic heterocycles. The second kappa shape index (κ2) is 10.9. The molecule has 1 saturated heterocycles. The number of tetrazole rings is 1. The number of quaternary nitrogens is 2. The maximum Gasteiger partial charge on any atom is 0.258 e. The van der Waals surface area contributed by atoms with E-state index >= 15 is 0 Å². The van der Waals surface area contributed by atoms with Gasteiger partial charge >= 0.3 is 0 Å². The minimum atomic E-state index is -0.195. The summed E-state index contributed by atoms with van der Waals surface area (Å²) in [6.07, 6.45) is 7.08. The van der Waals surface area contributed by atoms with E-state index in [0.29, 0.717) is 12.6 Å². The summed E-state index contributed by atoms with van der Waals surface area (Å²) >= 11 is 0. The quantitative estimate of drug-likeness (QED) is 0.440. The molecule has 2 fully saturated rings. The lowest BCUT2D eigenvalue weighted by Gasteiger charge is -2.34. The molecule has 0 bridgehead atoms. The summed E-state index contributed by atoms with van der Waals surface area (Å²) in [5.41, 5.74) is 1.51. The van der Waals surface area contributed by atoms with Crippen molar-refractivity contribution in [1.82, 2.24) is 25.2 Å². The molecule has 0 spiro atoms. The molecule has 9 heteroatoms. The Morgan fingerprint density at radius 3 is 2.66 bits per heavy atom. The minimum Gasteiger partial charge on any atom is -0.494 e. The van der Waals surface area contributed by atoms with Crippen molar-refractivity contribution in [3.8, 4) is 5.75 Å². The average Bonchev–Trinajstić information content (AvgIpc) is 3.36. The predicted molar refractivity (Wildman–Crippen MR) is 134 cm³/mol. The van der Waals surface area contributed by atoms with E-state index in [1.54, 1.807) is 4.90 Å². The largest absolute Gasteiger partial charge is 0.494 e. The molecule has 1 saturated carbocycles. The highest BCUT2D eigenvalue weighted by atomic mass is 16.5. The second-order valence-corrected chi connectivity index (χ2v) is 10.1. The van der Waals surface area contributed by atoms with Gasteiger partial charge in [-0.2, -0.15) is 0 Å². The van der Waals surface area contributed by atoms with Crippen molar-refractivity contribution in [2.45, 2.75) is 64.5 Å². The van der Waals surface area contributed by atoms with Crippen molar-refractivity contribution in [1.29, 1.82) is 0 Å². The molecule has 0 unspecified atom stereocenters. The van der Waals surface area contributed by atoms with Crippen LogP contribution in [0.15, 0.2) is 29.1 Å². The topological polar surface area (TPSA) is 94.6 Å². The van der Waals surface area contributed by atoms with Crippen LogP contribution in [0.4, 0.5) is 0 Å². The number of hydrogen-bond donors (Lipinski definition) is 3. The third kappa shape index (κ3) is 5.11. The molecule has 1 aromatic carbocycles. The third-order valence-corrected chi connectivity index (χ3v) is 7.77. The molecule has 5 rings (SSSR count). The van der Waals surface area contributed by atoms with E-state index in [9.17, 15) is 4.79 Å². The molecule has 3 aromatic rings. The van der Waals surface area contributed by atoms with Crippen LogP contribution in [0.2, 0.25) is 0 Å². The third-order valence-electron chi connectivity index (χ3n) is 7.77. The number of fused-ring (bicyclic) bond motifs is 1. The second-order valence-electron chi connectivity index (χ2n) is 10.1. The van der Waals surface area contributed by atoms with Crippen LogP contribution in [0.1, 0.15) is 75.8 Å². The Morgan fingerprint density at radius 2 is 1.91 bits per heavy atom. The Balaban J connectivity index is 1.57. The number of rotatable bonds is 8. The van der Waals surface area contributed by atoms with E-state index in [-0.39, 0.29) is 11.6 Å². The number of pyridine rings is 1. The Morgan fingerprint density at radius 1 is 1.11 bits per heavy atom. The van der Waals surface area contributed by atoms with Gasteiger partial charge in [0, 0.05) is 10.9 Å². The molecular weight excluding hydrogens is 442 g/mol. The average molecular weight is 482 g/mol. The number of H-pyrrole nitrogens is 1. The lowest BCUT2D eigenvalue weighted by Crippen LogP contribution is -3.28. The summed E-state index contributed by atoms with van der Waals surface area (Å²) in [5, 5.41) is 14.1. The van der Waals surface area contributed by atoms with E-state index in [0.717, 1.165) is 67.1 Å². The summed E-state index contributed by atoms with van der Waals surface area (Å²) in [7, 11) is 0. The first-order valence-electron chi connectivity index (χ1n) is 13.4. The zero-order chi connectivity index (χ0) is 24.2. The molecule has 35 heavy (non-hydrogen) atoms. The van der Waals surface area contributed by atoms with Gasteiger partial charge in [0.1, 0.15) is 31.9 Å². The molecule has 0 amide bonds. The first-order chi connectivity index (χ1) is 17.2. The van der Waals surface area contributed by atoms with Crippen molar-refractivity contribution >= 4 is 10.9 Å². The standard InChI is InChI=1S/C26H37N7O2/c1-3-12-31-13-15-32(16-14-31)24(25-28-29-30-33(25)20-8-6-5-7-9-20)22-18-19-17-21(35-4-2)10-11-23(19)27-26(22)34/h10-11,17-18,20,24H,3-9,12-16H2,1-2H3,(H,27,34)/p+2/t24-/m1/s1. The fourth-order valence-corrected chi connectivity index (χ4v) is 6.01. The Kier molecular flexibility index (Phi) is 7.43. The maximum absolute atomic E-state index is 13.5. The van der Waals surface area contributed by atoms with Gasteiger partial charge in [-0.25, -0.2) is 4.68 Å². The number of hydrogen-bond acceptors (Lipinski definition) is 5. The highest BCUT2D eigenvalue weighted by molar-refractivity contribution is 5.80. The minimum absolute atomic E-state index is 0.0549. The van der Waals surface area contributed by atoms with E-state index in [2.05, 4.69) is 27.4 Å². The van der Waals surface area contributed by atoms with Crippen LogP contribution in [-0.2, 0) is 0 Å². The summed E-state index contributed by atoms with van der Waals surface area (Å²) in [6.45, 7) is 10.2. The highest BCUT2D eigenvalue weighted by Gasteiger charge is 2.38. The van der Waals surface area contributed by atoms with Gasteiger partial charge in [0.05, 0.1) is 24.8 Å². The molecule has 0 radical (unpaired) electrons. The lowest BCUT2D eigenvalue weighted by atomic mass is 9.95. The van der Waals surface area contributed by atoms with Gasteiger partial charge in [0.25, 0.3) is 5.56 Å². The summed E-state index contributed by atoms with van der Waals surface area (Å²) in [6, 6.07) is 8.00. The molecule has 1 aliphatic heterocycles. The van der Waals surface area contributed by atoms with Crippen molar-refractivity contribution in [3.63, 3.8) is 0 Å². The van der Waals surface area contributed by atoms with Crippen LogP contribution in [0, 0.1) is 0 Å². The molecule has 188 valence electrons. The van der Waals surface area contributed by atoms with Gasteiger partial charge in [0.15, 0.2) is 6.04 Å². The summed E-state index contributed by atoms with van der Waals surface area (Å²) in [4.78, 5) is 19.7. The van der Waals surface area contributed by atoms with Crippen molar-refractivity contribution < 1.29 is 14.5 Å². The van der Waals surface area contributed by atoms with Gasteiger partial charge in [-0.3, -0.25) is 4.79 Å². The Bertz CT molecular complexity index is 1180. The number of ether oxygens (including phenoxy) is 1. The van der Waals surface area contributed by atoms with Crippen LogP contribution >= 0.6 is 0 Å². The maximum atomic E-state index is 13.5. The Hall–Kier alpha value is -2.78. The number of benzene rings is 1. The highest BCUT2D eigenvalue weighted by Crippen LogP contribution is 2.30. The molecule has 1 atom stereocenters. The van der Waals surface area contributed by atoms with E-state index in [1.807, 2.05) is 35.9 Å². The SMILES string of the molecule is CCC[NH+]1CC[NH+]([C@H](c2cc3cc(OCC)ccc3[nH]c2=O)c2nnnn2C2CCCCC2)CC1. The summed E-state index contributed by atoms with van der Waals surface area (Å²) in [5.74, 6) is 1.64. The van der Waals surface area contributed by atoms with Crippen LogP contribution in [0.25, 0.3) is 10.9 Å². The molecule has 3 N–H and O–H groups in total. The summed E-state index contributed by atoms with van der Waals surface area (Å²) < 4.78 is 7.77. The number of aromatic amines is 1. The zero-order valence-corrected chi connectivity index (χ0v) is 21.1. The van der Waals surface area contributed by atoms with Crippen molar-refractivity contribution in [2.24, 2.45) is 0 Å². The first-order valence-corrected chi connectivity index (χ1v) is 13.4. The fraction of sp³-hybridized carbons (Fsp3) is 0.615. The lowest BCUT2D eigenvalue weighted by molar-refractivity contribution is -1.02. The van der Waals surface area contributed by atoms with Crippen LogP contribution < -0.4 is 20.1 Å². The van der Waals surface area contributed by atoms with Gasteiger partial charge in [-0.15, -0.1) is 5.10 Å².